The van der Waals surface area contributed by atoms with Crippen molar-refractivity contribution in [2.75, 3.05) is 26.7 Å². The van der Waals surface area contributed by atoms with Crippen LogP contribution in [-0.2, 0) is 13.0 Å². The smallest absolute Gasteiger partial charge is 0.0926 e. The number of piperidine rings is 1. The van der Waals surface area contributed by atoms with E-state index in [-0.39, 0.29) is 0 Å². The number of nitrogens with one attached hydrogen (secondary N) is 1. The summed E-state index contributed by atoms with van der Waals surface area (Å²) < 4.78 is 0. The number of aromatic nitrogens is 1. The quantitative estimate of drug-likeness (QED) is 0.871. The molecule has 0 spiro atoms. The molecule has 0 radical (unpaired) electrons. The zero-order valence-corrected chi connectivity index (χ0v) is 11.7. The van der Waals surface area contributed by atoms with Crippen LogP contribution in [-0.4, -0.2) is 36.6 Å². The molecule has 0 aliphatic carbocycles. The van der Waals surface area contributed by atoms with E-state index >= 15 is 0 Å². The fourth-order valence-electron chi connectivity index (χ4n) is 2.44. The molecule has 0 amide bonds. The summed E-state index contributed by atoms with van der Waals surface area (Å²) in [5.41, 5.74) is 1.20. The maximum atomic E-state index is 4.57. The molecule has 1 aliphatic rings. The Morgan fingerprint density at radius 3 is 3.18 bits per heavy atom. The molecule has 1 saturated heterocycles. The highest BCUT2D eigenvalue weighted by Crippen LogP contribution is 2.14. The Morgan fingerprint density at radius 2 is 2.47 bits per heavy atom. The molecule has 1 aromatic heterocycles. The van der Waals surface area contributed by atoms with Crippen LogP contribution in [0.4, 0.5) is 0 Å². The third-order valence-corrected chi connectivity index (χ3v) is 4.40. The van der Waals surface area contributed by atoms with Crippen LogP contribution in [0.2, 0.25) is 0 Å². The Labute approximate surface area is 108 Å². The van der Waals surface area contributed by atoms with Crippen LogP contribution in [0.15, 0.2) is 5.38 Å². The molecular weight excluding hydrogens is 230 g/mol. The second-order valence-electron chi connectivity index (χ2n) is 4.99. The SMILES string of the molecule is CCc1nc(CNCC2CCCN(C)C2)cs1. The Hall–Kier alpha value is -0.450. The van der Waals surface area contributed by atoms with Gasteiger partial charge < -0.3 is 10.2 Å². The maximum Gasteiger partial charge on any atom is 0.0926 e. The lowest BCUT2D eigenvalue weighted by atomic mass is 9.98. The van der Waals surface area contributed by atoms with E-state index in [4.69, 9.17) is 0 Å². The summed E-state index contributed by atoms with van der Waals surface area (Å²) in [6.07, 6.45) is 3.77. The highest BCUT2D eigenvalue weighted by molar-refractivity contribution is 7.09. The summed E-state index contributed by atoms with van der Waals surface area (Å²) in [4.78, 5) is 7.01. The van der Waals surface area contributed by atoms with Gasteiger partial charge in [0.15, 0.2) is 0 Å². The maximum absolute atomic E-state index is 4.57. The summed E-state index contributed by atoms with van der Waals surface area (Å²) in [6.45, 7) is 6.72. The lowest BCUT2D eigenvalue weighted by Crippen LogP contribution is -2.37. The van der Waals surface area contributed by atoms with Crippen molar-refractivity contribution in [3.63, 3.8) is 0 Å². The zero-order chi connectivity index (χ0) is 12.1. The van der Waals surface area contributed by atoms with Crippen molar-refractivity contribution in [3.8, 4) is 0 Å². The number of rotatable bonds is 5. The topological polar surface area (TPSA) is 28.2 Å². The van der Waals surface area contributed by atoms with Gasteiger partial charge in [-0.3, -0.25) is 0 Å². The van der Waals surface area contributed by atoms with Gasteiger partial charge in [-0.1, -0.05) is 6.92 Å². The van der Waals surface area contributed by atoms with Crippen molar-refractivity contribution in [1.82, 2.24) is 15.2 Å². The summed E-state index contributed by atoms with van der Waals surface area (Å²) in [7, 11) is 2.22. The van der Waals surface area contributed by atoms with Gasteiger partial charge in [-0.25, -0.2) is 4.98 Å². The number of likely N-dealkylation sites (tertiary alicyclic amines) is 1. The van der Waals surface area contributed by atoms with E-state index in [9.17, 15) is 0 Å². The van der Waals surface area contributed by atoms with Crippen molar-refractivity contribution in [2.24, 2.45) is 5.92 Å². The van der Waals surface area contributed by atoms with Crippen LogP contribution in [0.1, 0.15) is 30.5 Å². The van der Waals surface area contributed by atoms with Crippen molar-refractivity contribution in [1.29, 1.82) is 0 Å². The predicted molar refractivity (Wildman–Crippen MR) is 73.4 cm³/mol. The molecule has 1 fully saturated rings. The predicted octanol–water partition coefficient (Wildman–Crippen LogP) is 2.14. The summed E-state index contributed by atoms with van der Waals surface area (Å²) in [6, 6.07) is 0. The number of hydrogen-bond donors (Lipinski definition) is 1. The van der Waals surface area contributed by atoms with E-state index in [1.54, 1.807) is 11.3 Å². The van der Waals surface area contributed by atoms with Gasteiger partial charge in [-0.05, 0) is 45.3 Å². The molecule has 4 heteroatoms. The fourth-order valence-corrected chi connectivity index (χ4v) is 3.18. The van der Waals surface area contributed by atoms with Crippen LogP contribution in [0.25, 0.3) is 0 Å². The molecule has 1 aliphatic heterocycles. The molecule has 1 aromatic rings. The van der Waals surface area contributed by atoms with E-state index < -0.39 is 0 Å². The molecule has 2 heterocycles. The molecule has 96 valence electrons. The van der Waals surface area contributed by atoms with Gasteiger partial charge in [-0.15, -0.1) is 11.3 Å². The van der Waals surface area contributed by atoms with Crippen molar-refractivity contribution in [3.05, 3.63) is 16.1 Å². The highest BCUT2D eigenvalue weighted by atomic mass is 32.1. The van der Waals surface area contributed by atoms with Crippen LogP contribution in [0.3, 0.4) is 0 Å². The molecule has 0 aromatic carbocycles. The van der Waals surface area contributed by atoms with Crippen molar-refractivity contribution in [2.45, 2.75) is 32.7 Å². The Balaban J connectivity index is 1.68. The molecule has 2 rings (SSSR count). The Kier molecular flexibility index (Phi) is 4.95. The van der Waals surface area contributed by atoms with E-state index in [2.05, 4.69) is 34.6 Å². The summed E-state index contributed by atoms with van der Waals surface area (Å²) in [5, 5.41) is 6.98. The largest absolute Gasteiger partial charge is 0.311 e. The average molecular weight is 253 g/mol. The van der Waals surface area contributed by atoms with Gasteiger partial charge in [0.25, 0.3) is 0 Å². The van der Waals surface area contributed by atoms with Gasteiger partial charge in [0, 0.05) is 18.5 Å². The first-order valence-electron chi connectivity index (χ1n) is 6.60. The first kappa shape index (κ1) is 13.0. The minimum absolute atomic E-state index is 0.818. The third kappa shape index (κ3) is 4.05. The first-order chi connectivity index (χ1) is 8.28. The van der Waals surface area contributed by atoms with Crippen LogP contribution >= 0.6 is 11.3 Å². The van der Waals surface area contributed by atoms with E-state index in [1.807, 2.05) is 0 Å². The zero-order valence-electron chi connectivity index (χ0n) is 10.9. The third-order valence-electron chi connectivity index (χ3n) is 3.36. The van der Waals surface area contributed by atoms with E-state index in [1.165, 1.54) is 36.6 Å². The molecular formula is C13H23N3S. The molecule has 0 bridgehead atoms. The average Bonchev–Trinajstić information content (AvgIpc) is 2.77. The first-order valence-corrected chi connectivity index (χ1v) is 7.48. The molecule has 1 unspecified atom stereocenters. The second-order valence-corrected chi connectivity index (χ2v) is 5.93. The number of thiazole rings is 1. The van der Waals surface area contributed by atoms with E-state index in [0.717, 1.165) is 25.4 Å². The molecule has 17 heavy (non-hydrogen) atoms. The van der Waals surface area contributed by atoms with Gasteiger partial charge >= 0.3 is 0 Å². The van der Waals surface area contributed by atoms with E-state index in [0.29, 0.717) is 0 Å². The van der Waals surface area contributed by atoms with Gasteiger partial charge in [-0.2, -0.15) is 0 Å². The van der Waals surface area contributed by atoms with Gasteiger partial charge in [0.05, 0.1) is 10.7 Å². The van der Waals surface area contributed by atoms with Crippen molar-refractivity contribution >= 4 is 11.3 Å². The molecule has 1 atom stereocenters. The van der Waals surface area contributed by atoms with Crippen LogP contribution < -0.4 is 5.32 Å². The lowest BCUT2D eigenvalue weighted by molar-refractivity contribution is 0.206. The second kappa shape index (κ2) is 6.47. The Bertz CT molecular complexity index is 337. The van der Waals surface area contributed by atoms with Crippen LogP contribution in [0.5, 0.6) is 0 Å². The molecule has 0 saturated carbocycles. The molecule has 1 N–H and O–H groups in total. The summed E-state index contributed by atoms with van der Waals surface area (Å²) in [5.74, 6) is 0.818. The lowest BCUT2D eigenvalue weighted by Gasteiger charge is -2.29. The number of aryl methyl sites for hydroxylation is 1. The fraction of sp³-hybridized carbons (Fsp3) is 0.769. The highest BCUT2D eigenvalue weighted by Gasteiger charge is 2.16. The number of hydrogen-bond acceptors (Lipinski definition) is 4. The minimum atomic E-state index is 0.818. The normalized spacial score (nSPS) is 21.9. The monoisotopic (exact) mass is 253 g/mol. The van der Waals surface area contributed by atoms with Gasteiger partial charge in [0.1, 0.15) is 0 Å². The van der Waals surface area contributed by atoms with Crippen LogP contribution in [0, 0.1) is 5.92 Å². The Morgan fingerprint density at radius 1 is 1.59 bits per heavy atom. The number of nitrogens with zero attached hydrogens (tertiary/aromatic N) is 2. The standard InChI is InChI=1S/C13H23N3S/c1-3-13-15-12(10-17-13)8-14-7-11-5-4-6-16(2)9-11/h10-11,14H,3-9H2,1-2H3. The summed E-state index contributed by atoms with van der Waals surface area (Å²) >= 11 is 1.78. The van der Waals surface area contributed by atoms with Gasteiger partial charge in [0.2, 0.25) is 0 Å². The molecule has 3 nitrogen and oxygen atoms in total. The van der Waals surface area contributed by atoms with Crippen molar-refractivity contribution < 1.29 is 0 Å². The minimum Gasteiger partial charge on any atom is -0.311 e.